The average Bonchev–Trinajstić information content (AvgIpc) is 3.20. The number of nitriles is 1. The summed E-state index contributed by atoms with van der Waals surface area (Å²) in [6, 6.07) is 19.9. The van der Waals surface area contributed by atoms with Crippen molar-refractivity contribution in [3.63, 3.8) is 0 Å². The summed E-state index contributed by atoms with van der Waals surface area (Å²) in [6.07, 6.45) is 1.47. The maximum absolute atomic E-state index is 13.4. The van der Waals surface area contributed by atoms with E-state index in [0.29, 0.717) is 16.6 Å². The molecule has 0 atom stereocenters. The second-order valence-electron chi connectivity index (χ2n) is 6.68. The smallest absolute Gasteiger partial charge is 0.311 e. The summed E-state index contributed by atoms with van der Waals surface area (Å²) < 4.78 is 19.0. The minimum Gasteiger partial charge on any atom is -0.482 e. The summed E-state index contributed by atoms with van der Waals surface area (Å²) in [6.45, 7) is 0.190. The van der Waals surface area contributed by atoms with E-state index >= 15 is 0 Å². The zero-order valence-electron chi connectivity index (χ0n) is 16.1. The number of H-pyrrole nitrogens is 1. The van der Waals surface area contributed by atoms with Crippen molar-refractivity contribution in [2.45, 2.75) is 6.61 Å². The summed E-state index contributed by atoms with van der Waals surface area (Å²) in [5.74, 6) is -0.0502. The molecule has 0 fully saturated rings. The molecule has 4 rings (SSSR count). The standard InChI is InChI=1S/C23H15FN4O3/c24-18-7-8-19-20(12-18)27-23(26-19)17(13-25)10-16-6-9-22(21(11-16)28(29)30)31-14-15-4-2-1-3-5-15/h1-12H,14H2,(H,26,27)/b17-10-. The molecule has 0 saturated heterocycles. The Hall–Kier alpha value is -4.51. The number of hydrogen-bond acceptors (Lipinski definition) is 5. The Morgan fingerprint density at radius 3 is 2.74 bits per heavy atom. The number of benzene rings is 3. The largest absolute Gasteiger partial charge is 0.482 e. The van der Waals surface area contributed by atoms with Crippen molar-refractivity contribution in [2.24, 2.45) is 0 Å². The highest BCUT2D eigenvalue weighted by Crippen LogP contribution is 2.30. The Morgan fingerprint density at radius 2 is 2.00 bits per heavy atom. The van der Waals surface area contributed by atoms with E-state index < -0.39 is 10.7 Å². The first-order valence-electron chi connectivity index (χ1n) is 9.26. The lowest BCUT2D eigenvalue weighted by atomic mass is 10.1. The second kappa shape index (κ2) is 8.47. The molecule has 3 aromatic carbocycles. The SMILES string of the molecule is N#C/C(=C/c1ccc(OCc2ccccc2)c([N+](=O)[O-])c1)c1nc2ccc(F)cc2[nH]1. The Morgan fingerprint density at radius 1 is 1.19 bits per heavy atom. The van der Waals surface area contributed by atoms with Crippen LogP contribution in [0.15, 0.2) is 66.7 Å². The number of aromatic nitrogens is 2. The molecule has 31 heavy (non-hydrogen) atoms. The van der Waals surface area contributed by atoms with E-state index in [1.807, 2.05) is 36.4 Å². The van der Waals surface area contributed by atoms with Crippen LogP contribution in [0.4, 0.5) is 10.1 Å². The van der Waals surface area contributed by atoms with Gasteiger partial charge in [-0.15, -0.1) is 0 Å². The number of hydrogen-bond donors (Lipinski definition) is 1. The van der Waals surface area contributed by atoms with Crippen LogP contribution in [0.1, 0.15) is 17.0 Å². The van der Waals surface area contributed by atoms with E-state index in [1.165, 1.54) is 36.4 Å². The molecule has 0 aliphatic carbocycles. The Kier molecular flexibility index (Phi) is 5.41. The predicted molar refractivity (Wildman–Crippen MR) is 113 cm³/mol. The summed E-state index contributed by atoms with van der Waals surface area (Å²) in [7, 11) is 0. The molecule has 0 aliphatic rings. The quantitative estimate of drug-likeness (QED) is 0.263. The molecule has 1 aromatic heterocycles. The fourth-order valence-electron chi connectivity index (χ4n) is 3.05. The van der Waals surface area contributed by atoms with Gasteiger partial charge in [-0.3, -0.25) is 10.1 Å². The van der Waals surface area contributed by atoms with E-state index in [0.717, 1.165) is 5.56 Å². The lowest BCUT2D eigenvalue weighted by Crippen LogP contribution is -1.99. The van der Waals surface area contributed by atoms with Crippen molar-refractivity contribution in [2.75, 3.05) is 0 Å². The lowest BCUT2D eigenvalue weighted by molar-refractivity contribution is -0.386. The monoisotopic (exact) mass is 414 g/mol. The fraction of sp³-hybridized carbons (Fsp3) is 0.0435. The number of ether oxygens (including phenoxy) is 1. The van der Waals surface area contributed by atoms with Gasteiger partial charge in [0, 0.05) is 6.07 Å². The Bertz CT molecular complexity index is 1340. The molecular weight excluding hydrogens is 399 g/mol. The van der Waals surface area contributed by atoms with Gasteiger partial charge in [0.25, 0.3) is 0 Å². The van der Waals surface area contributed by atoms with Crippen LogP contribution in [0.5, 0.6) is 5.75 Å². The van der Waals surface area contributed by atoms with Crippen LogP contribution in [-0.4, -0.2) is 14.9 Å². The molecular formula is C23H15FN4O3. The van der Waals surface area contributed by atoms with Gasteiger partial charge in [-0.05, 0) is 41.5 Å². The number of imidazole rings is 1. The third-order valence-electron chi connectivity index (χ3n) is 4.55. The molecule has 8 heteroatoms. The number of aromatic amines is 1. The molecule has 152 valence electrons. The van der Waals surface area contributed by atoms with Crippen LogP contribution in [0.2, 0.25) is 0 Å². The molecule has 0 radical (unpaired) electrons. The van der Waals surface area contributed by atoms with Gasteiger partial charge in [-0.2, -0.15) is 5.26 Å². The van der Waals surface area contributed by atoms with Crippen molar-refractivity contribution in [3.8, 4) is 11.8 Å². The number of halogens is 1. The molecule has 1 N–H and O–H groups in total. The van der Waals surface area contributed by atoms with E-state index in [2.05, 4.69) is 9.97 Å². The highest BCUT2D eigenvalue weighted by molar-refractivity contribution is 5.90. The highest BCUT2D eigenvalue weighted by atomic mass is 19.1. The first-order valence-corrected chi connectivity index (χ1v) is 9.26. The predicted octanol–water partition coefficient (Wildman–Crippen LogP) is 5.25. The van der Waals surface area contributed by atoms with E-state index in [-0.39, 0.29) is 29.4 Å². The maximum Gasteiger partial charge on any atom is 0.311 e. The van der Waals surface area contributed by atoms with Gasteiger partial charge in [0.2, 0.25) is 0 Å². The maximum atomic E-state index is 13.4. The minimum atomic E-state index is -0.534. The molecule has 0 unspecified atom stereocenters. The third kappa shape index (κ3) is 4.41. The number of allylic oxidation sites excluding steroid dienone is 1. The molecule has 0 aliphatic heterocycles. The molecule has 0 bridgehead atoms. The number of rotatable bonds is 6. The summed E-state index contributed by atoms with van der Waals surface area (Å²) in [5, 5.41) is 21.1. The molecule has 0 saturated carbocycles. The van der Waals surface area contributed by atoms with Crippen molar-refractivity contribution in [3.05, 3.63) is 99.6 Å². The summed E-state index contributed by atoms with van der Waals surface area (Å²) in [4.78, 5) is 18.2. The van der Waals surface area contributed by atoms with Gasteiger partial charge in [0.15, 0.2) is 5.75 Å². The van der Waals surface area contributed by atoms with Crippen LogP contribution in [0.25, 0.3) is 22.7 Å². The third-order valence-corrected chi connectivity index (χ3v) is 4.55. The topological polar surface area (TPSA) is 105 Å². The van der Waals surface area contributed by atoms with Crippen LogP contribution in [0, 0.1) is 27.3 Å². The van der Waals surface area contributed by atoms with Crippen molar-refractivity contribution >= 4 is 28.4 Å². The van der Waals surface area contributed by atoms with Crippen LogP contribution in [0.3, 0.4) is 0 Å². The van der Waals surface area contributed by atoms with Crippen LogP contribution >= 0.6 is 0 Å². The molecule has 7 nitrogen and oxygen atoms in total. The number of nitrogens with one attached hydrogen (secondary N) is 1. The van der Waals surface area contributed by atoms with Gasteiger partial charge in [0.05, 0.1) is 21.5 Å². The first-order chi connectivity index (χ1) is 15.0. The summed E-state index contributed by atoms with van der Waals surface area (Å²) >= 11 is 0. The lowest BCUT2D eigenvalue weighted by Gasteiger charge is -2.07. The number of nitro groups is 1. The van der Waals surface area contributed by atoms with E-state index in [1.54, 1.807) is 6.07 Å². The van der Waals surface area contributed by atoms with Gasteiger partial charge in [-0.1, -0.05) is 36.4 Å². The van der Waals surface area contributed by atoms with Gasteiger partial charge < -0.3 is 9.72 Å². The molecule has 0 amide bonds. The molecule has 4 aromatic rings. The van der Waals surface area contributed by atoms with Crippen molar-refractivity contribution < 1.29 is 14.1 Å². The number of nitrogens with zero attached hydrogens (tertiary/aromatic N) is 3. The van der Waals surface area contributed by atoms with E-state index in [9.17, 15) is 19.8 Å². The normalized spacial score (nSPS) is 11.3. The first kappa shape index (κ1) is 19.8. The summed E-state index contributed by atoms with van der Waals surface area (Å²) in [5.41, 5.74) is 2.22. The van der Waals surface area contributed by atoms with E-state index in [4.69, 9.17) is 4.74 Å². The van der Waals surface area contributed by atoms with Crippen molar-refractivity contribution in [1.29, 1.82) is 5.26 Å². The average molecular weight is 414 g/mol. The van der Waals surface area contributed by atoms with Crippen LogP contribution in [-0.2, 0) is 6.61 Å². The Labute approximate surface area is 176 Å². The fourth-order valence-corrected chi connectivity index (χ4v) is 3.05. The second-order valence-corrected chi connectivity index (χ2v) is 6.68. The highest BCUT2D eigenvalue weighted by Gasteiger charge is 2.17. The zero-order valence-corrected chi connectivity index (χ0v) is 16.1. The van der Waals surface area contributed by atoms with Crippen molar-refractivity contribution in [1.82, 2.24) is 9.97 Å². The Balaban J connectivity index is 1.64. The molecule has 1 heterocycles. The van der Waals surface area contributed by atoms with Gasteiger partial charge in [-0.25, -0.2) is 9.37 Å². The van der Waals surface area contributed by atoms with Gasteiger partial charge >= 0.3 is 5.69 Å². The zero-order chi connectivity index (χ0) is 21.8. The molecule has 0 spiro atoms. The number of nitro benzene ring substituents is 1. The minimum absolute atomic E-state index is 0.128. The van der Waals surface area contributed by atoms with Crippen LogP contribution < -0.4 is 4.74 Å². The number of fused-ring (bicyclic) bond motifs is 1. The van der Waals surface area contributed by atoms with Gasteiger partial charge in [0.1, 0.15) is 24.3 Å².